The summed E-state index contributed by atoms with van der Waals surface area (Å²) in [6, 6.07) is 0. The maximum Gasteiger partial charge on any atom is 0.00865 e. The summed E-state index contributed by atoms with van der Waals surface area (Å²) < 4.78 is 0. The fourth-order valence-corrected chi connectivity index (χ4v) is 2.42. The minimum Gasteiger partial charge on any atom is -0.402 e. The molecule has 0 aromatic heterocycles. The predicted molar refractivity (Wildman–Crippen MR) is 60.7 cm³/mol. The van der Waals surface area contributed by atoms with Gasteiger partial charge in [0.25, 0.3) is 0 Å². The van der Waals surface area contributed by atoms with E-state index < -0.39 is 0 Å². The fourth-order valence-electron chi connectivity index (χ4n) is 2.42. The van der Waals surface area contributed by atoms with Crippen LogP contribution in [0.1, 0.15) is 39.0 Å². The molecule has 1 atom stereocenters. The van der Waals surface area contributed by atoms with Crippen LogP contribution in [0.5, 0.6) is 0 Å². The van der Waals surface area contributed by atoms with Gasteiger partial charge in [0.1, 0.15) is 0 Å². The van der Waals surface area contributed by atoms with Crippen molar-refractivity contribution in [2.45, 2.75) is 39.0 Å². The summed E-state index contributed by atoms with van der Waals surface area (Å²) in [5, 5.41) is 0. The lowest BCUT2D eigenvalue weighted by molar-refractivity contribution is 0.630. The maximum atomic E-state index is 5.81. The molecule has 2 aliphatic rings. The zero-order chi connectivity index (χ0) is 9.97. The van der Waals surface area contributed by atoms with Crippen LogP contribution in [0.15, 0.2) is 35.1 Å². The number of hydrogen-bond donors (Lipinski definition) is 1. The molecule has 2 N–H and O–H groups in total. The predicted octanol–water partition coefficient (Wildman–Crippen LogP) is 3.30. The van der Waals surface area contributed by atoms with Crippen molar-refractivity contribution in [3.8, 4) is 0 Å². The second kappa shape index (κ2) is 4.04. The van der Waals surface area contributed by atoms with Gasteiger partial charge in [0, 0.05) is 5.70 Å². The Bertz CT molecular complexity index is 307. The van der Waals surface area contributed by atoms with Crippen LogP contribution in [-0.4, -0.2) is 0 Å². The lowest BCUT2D eigenvalue weighted by Crippen LogP contribution is -2.12. The van der Waals surface area contributed by atoms with Crippen LogP contribution in [-0.2, 0) is 0 Å². The Morgan fingerprint density at radius 3 is 2.79 bits per heavy atom. The van der Waals surface area contributed by atoms with E-state index in [0.717, 1.165) is 12.1 Å². The molecule has 14 heavy (non-hydrogen) atoms. The summed E-state index contributed by atoms with van der Waals surface area (Å²) in [6.07, 6.45) is 13.0. The SMILES string of the molecule is CC1CC(N)=CC=C1C1=CCCCC1. The molecule has 0 amide bonds. The Labute approximate surface area is 86.4 Å². The Kier molecular flexibility index (Phi) is 2.76. The van der Waals surface area contributed by atoms with E-state index in [2.05, 4.69) is 25.2 Å². The highest BCUT2D eigenvalue weighted by Crippen LogP contribution is 2.33. The van der Waals surface area contributed by atoms with E-state index in [1.54, 1.807) is 5.57 Å². The van der Waals surface area contributed by atoms with Crippen molar-refractivity contribution in [2.24, 2.45) is 11.7 Å². The number of hydrogen-bond acceptors (Lipinski definition) is 1. The topological polar surface area (TPSA) is 26.0 Å². The molecule has 76 valence electrons. The standard InChI is InChI=1S/C13H19N/c1-10-9-12(14)7-8-13(10)11-5-3-2-4-6-11/h5,7-8,10H,2-4,6,9,14H2,1H3. The van der Waals surface area contributed by atoms with Gasteiger partial charge in [-0.1, -0.05) is 19.1 Å². The zero-order valence-electron chi connectivity index (χ0n) is 8.92. The molecule has 1 nitrogen and oxygen atoms in total. The van der Waals surface area contributed by atoms with E-state index in [-0.39, 0.29) is 0 Å². The van der Waals surface area contributed by atoms with Gasteiger partial charge in [0.15, 0.2) is 0 Å². The Balaban J connectivity index is 2.20. The molecule has 2 rings (SSSR count). The Hall–Kier alpha value is -0.980. The molecule has 0 saturated heterocycles. The molecule has 1 heteroatoms. The van der Waals surface area contributed by atoms with Crippen molar-refractivity contribution >= 4 is 0 Å². The first-order valence-corrected chi connectivity index (χ1v) is 5.63. The van der Waals surface area contributed by atoms with Gasteiger partial charge in [-0.3, -0.25) is 0 Å². The van der Waals surface area contributed by atoms with E-state index in [1.807, 2.05) is 0 Å². The van der Waals surface area contributed by atoms with Gasteiger partial charge in [0.2, 0.25) is 0 Å². The van der Waals surface area contributed by atoms with Gasteiger partial charge in [-0.15, -0.1) is 0 Å². The van der Waals surface area contributed by atoms with E-state index in [0.29, 0.717) is 5.92 Å². The Morgan fingerprint density at radius 2 is 2.14 bits per heavy atom. The zero-order valence-corrected chi connectivity index (χ0v) is 8.92. The molecule has 0 spiro atoms. The fraction of sp³-hybridized carbons (Fsp3) is 0.538. The molecule has 0 radical (unpaired) electrons. The number of rotatable bonds is 1. The van der Waals surface area contributed by atoms with E-state index in [1.165, 1.54) is 31.3 Å². The van der Waals surface area contributed by atoms with Crippen LogP contribution in [0.3, 0.4) is 0 Å². The molecule has 0 aliphatic heterocycles. The number of nitrogens with two attached hydrogens (primary N) is 1. The third kappa shape index (κ3) is 1.92. The lowest BCUT2D eigenvalue weighted by atomic mass is 9.82. The van der Waals surface area contributed by atoms with Crippen molar-refractivity contribution in [3.63, 3.8) is 0 Å². The molecular weight excluding hydrogens is 170 g/mol. The summed E-state index contributed by atoms with van der Waals surface area (Å²) in [5.41, 5.74) is 9.94. The van der Waals surface area contributed by atoms with E-state index in [9.17, 15) is 0 Å². The van der Waals surface area contributed by atoms with Crippen LogP contribution in [0.4, 0.5) is 0 Å². The second-order valence-corrected chi connectivity index (χ2v) is 4.44. The van der Waals surface area contributed by atoms with Crippen LogP contribution in [0, 0.1) is 5.92 Å². The second-order valence-electron chi connectivity index (χ2n) is 4.44. The van der Waals surface area contributed by atoms with Gasteiger partial charge < -0.3 is 5.73 Å². The number of allylic oxidation sites excluding steroid dienone is 6. The highest BCUT2D eigenvalue weighted by atomic mass is 14.6. The molecule has 2 aliphatic carbocycles. The third-order valence-corrected chi connectivity index (χ3v) is 3.21. The van der Waals surface area contributed by atoms with Gasteiger partial charge in [-0.2, -0.15) is 0 Å². The van der Waals surface area contributed by atoms with Crippen molar-refractivity contribution < 1.29 is 0 Å². The van der Waals surface area contributed by atoms with Gasteiger partial charge in [-0.05, 0) is 55.2 Å². The summed E-state index contributed by atoms with van der Waals surface area (Å²) >= 11 is 0. The highest BCUT2D eigenvalue weighted by molar-refractivity contribution is 5.39. The molecule has 0 aromatic rings. The molecule has 0 bridgehead atoms. The smallest absolute Gasteiger partial charge is 0.00865 e. The maximum absolute atomic E-state index is 5.81. The van der Waals surface area contributed by atoms with Crippen molar-refractivity contribution in [3.05, 3.63) is 35.1 Å². The van der Waals surface area contributed by atoms with Crippen molar-refractivity contribution in [1.29, 1.82) is 0 Å². The summed E-state index contributed by atoms with van der Waals surface area (Å²) in [5.74, 6) is 0.615. The highest BCUT2D eigenvalue weighted by Gasteiger charge is 2.17. The van der Waals surface area contributed by atoms with E-state index >= 15 is 0 Å². The minimum atomic E-state index is 0.615. The monoisotopic (exact) mass is 189 g/mol. The molecule has 0 saturated carbocycles. The average Bonchev–Trinajstić information content (AvgIpc) is 2.19. The van der Waals surface area contributed by atoms with Crippen molar-refractivity contribution in [2.75, 3.05) is 0 Å². The molecule has 0 heterocycles. The van der Waals surface area contributed by atoms with Crippen LogP contribution < -0.4 is 5.73 Å². The first kappa shape index (κ1) is 9.57. The molecular formula is C13H19N. The van der Waals surface area contributed by atoms with Gasteiger partial charge >= 0.3 is 0 Å². The average molecular weight is 189 g/mol. The lowest BCUT2D eigenvalue weighted by Gasteiger charge is -2.24. The first-order chi connectivity index (χ1) is 6.77. The summed E-state index contributed by atoms with van der Waals surface area (Å²) in [6.45, 7) is 2.28. The third-order valence-electron chi connectivity index (χ3n) is 3.21. The summed E-state index contributed by atoms with van der Waals surface area (Å²) in [7, 11) is 0. The summed E-state index contributed by atoms with van der Waals surface area (Å²) in [4.78, 5) is 0. The van der Waals surface area contributed by atoms with Crippen LogP contribution in [0.2, 0.25) is 0 Å². The minimum absolute atomic E-state index is 0.615. The molecule has 0 aromatic carbocycles. The van der Waals surface area contributed by atoms with Gasteiger partial charge in [0.05, 0.1) is 0 Å². The largest absolute Gasteiger partial charge is 0.402 e. The quantitative estimate of drug-likeness (QED) is 0.673. The Morgan fingerprint density at radius 1 is 1.29 bits per heavy atom. The molecule has 0 fully saturated rings. The molecule has 1 unspecified atom stereocenters. The van der Waals surface area contributed by atoms with E-state index in [4.69, 9.17) is 5.73 Å². The normalized spacial score (nSPS) is 27.8. The van der Waals surface area contributed by atoms with Crippen LogP contribution in [0.25, 0.3) is 0 Å². The van der Waals surface area contributed by atoms with Gasteiger partial charge in [-0.25, -0.2) is 0 Å². The van der Waals surface area contributed by atoms with Crippen LogP contribution >= 0.6 is 0 Å². The first-order valence-electron chi connectivity index (χ1n) is 5.63. The van der Waals surface area contributed by atoms with Crippen molar-refractivity contribution in [1.82, 2.24) is 0 Å².